The molecule has 138 valence electrons. The number of hydrogen-bond donors (Lipinski definition) is 3. The van der Waals surface area contributed by atoms with Crippen LogP contribution in [-0.4, -0.2) is 58.3 Å². The molecule has 1 aliphatic rings. The molecule has 1 aromatic carbocycles. The fraction of sp³-hybridized carbons (Fsp3) is 0.556. The highest BCUT2D eigenvalue weighted by Gasteiger charge is 2.23. The van der Waals surface area contributed by atoms with Crippen LogP contribution in [0.5, 0.6) is 5.75 Å². The van der Waals surface area contributed by atoms with E-state index in [0.717, 1.165) is 50.5 Å². The van der Waals surface area contributed by atoms with Gasteiger partial charge in [-0.25, -0.2) is 4.79 Å². The Labute approximate surface area is 149 Å². The lowest BCUT2D eigenvalue weighted by molar-refractivity contribution is -0.892. The van der Waals surface area contributed by atoms with Gasteiger partial charge >= 0.3 is 6.03 Å². The van der Waals surface area contributed by atoms with Crippen LogP contribution in [0.2, 0.25) is 0 Å². The molecule has 25 heavy (non-hydrogen) atoms. The van der Waals surface area contributed by atoms with Gasteiger partial charge in [0.1, 0.15) is 5.75 Å². The first-order chi connectivity index (χ1) is 12.1. The molecule has 0 bridgehead atoms. The molecule has 3 amide bonds. The Balaban J connectivity index is 1.72. The van der Waals surface area contributed by atoms with E-state index in [2.05, 4.69) is 28.5 Å². The van der Waals surface area contributed by atoms with Crippen molar-refractivity contribution in [3.63, 3.8) is 0 Å². The number of rotatable bonds is 7. The van der Waals surface area contributed by atoms with Gasteiger partial charge in [0.15, 0.2) is 6.54 Å². The van der Waals surface area contributed by atoms with E-state index in [1.807, 2.05) is 18.2 Å². The van der Waals surface area contributed by atoms with Gasteiger partial charge < -0.3 is 19.9 Å². The minimum atomic E-state index is -0.395. The number of urea groups is 1. The number of quaternary nitrogens is 1. The molecule has 0 radical (unpaired) electrons. The molecule has 1 aromatic rings. The van der Waals surface area contributed by atoms with Crippen LogP contribution in [-0.2, 0) is 4.79 Å². The van der Waals surface area contributed by atoms with Crippen molar-refractivity contribution >= 4 is 17.6 Å². The third kappa shape index (κ3) is 6.26. The predicted molar refractivity (Wildman–Crippen MR) is 97.2 cm³/mol. The molecule has 0 aliphatic carbocycles. The Morgan fingerprint density at radius 1 is 1.28 bits per heavy atom. The van der Waals surface area contributed by atoms with Crippen LogP contribution >= 0.6 is 0 Å². The molecular weight excluding hydrogens is 320 g/mol. The molecule has 0 unspecified atom stereocenters. The zero-order valence-electron chi connectivity index (χ0n) is 15.1. The lowest BCUT2D eigenvalue weighted by Gasteiger charge is -2.33. The quantitative estimate of drug-likeness (QED) is 0.607. The monoisotopic (exact) mass is 349 g/mol. The number of piperazine rings is 1. The minimum Gasteiger partial charge on any atom is -0.497 e. The highest BCUT2D eigenvalue weighted by molar-refractivity contribution is 5.94. The third-order valence-electron chi connectivity index (χ3n) is 4.37. The van der Waals surface area contributed by atoms with E-state index in [4.69, 9.17) is 4.74 Å². The molecular formula is C18H29N4O3+. The predicted octanol–water partition coefficient (Wildman–Crippen LogP) is 0.0260. The molecule has 1 saturated heterocycles. The summed E-state index contributed by atoms with van der Waals surface area (Å²) in [6, 6.07) is 7.62. The third-order valence-corrected chi connectivity index (χ3v) is 4.37. The largest absolute Gasteiger partial charge is 0.497 e. The fourth-order valence-electron chi connectivity index (χ4n) is 2.89. The van der Waals surface area contributed by atoms with Gasteiger partial charge in [-0.1, -0.05) is 19.4 Å². The van der Waals surface area contributed by atoms with Crippen LogP contribution < -0.4 is 25.2 Å². The molecule has 7 heteroatoms. The lowest BCUT2D eigenvalue weighted by Crippen LogP contribution is -3.16. The van der Waals surface area contributed by atoms with Crippen molar-refractivity contribution in [3.8, 4) is 5.75 Å². The van der Waals surface area contributed by atoms with E-state index in [-0.39, 0.29) is 5.91 Å². The van der Waals surface area contributed by atoms with E-state index < -0.39 is 6.03 Å². The van der Waals surface area contributed by atoms with Crippen LogP contribution in [0.4, 0.5) is 10.5 Å². The van der Waals surface area contributed by atoms with E-state index in [9.17, 15) is 9.59 Å². The van der Waals surface area contributed by atoms with Gasteiger partial charge in [-0.3, -0.25) is 10.1 Å². The smallest absolute Gasteiger partial charge is 0.321 e. The maximum Gasteiger partial charge on any atom is 0.321 e. The molecule has 0 saturated carbocycles. The SMILES string of the molecule is CCCCNC(=O)NC(=O)C[NH+]1CCN(c2cccc(OC)c2)CC1. The van der Waals surface area contributed by atoms with Crippen molar-refractivity contribution in [2.75, 3.05) is 51.3 Å². The summed E-state index contributed by atoms with van der Waals surface area (Å²) in [5.41, 5.74) is 1.14. The minimum absolute atomic E-state index is 0.223. The number of nitrogens with zero attached hydrogens (tertiary/aromatic N) is 1. The number of unbranched alkanes of at least 4 members (excludes halogenated alkanes) is 1. The average molecular weight is 349 g/mol. The van der Waals surface area contributed by atoms with E-state index >= 15 is 0 Å². The molecule has 7 nitrogen and oxygen atoms in total. The Hall–Kier alpha value is -2.28. The summed E-state index contributed by atoms with van der Waals surface area (Å²) < 4.78 is 5.27. The number of imide groups is 1. The highest BCUT2D eigenvalue weighted by atomic mass is 16.5. The zero-order chi connectivity index (χ0) is 18.1. The van der Waals surface area contributed by atoms with Crippen LogP contribution in [0.25, 0.3) is 0 Å². The summed E-state index contributed by atoms with van der Waals surface area (Å²) in [5, 5.41) is 5.10. The van der Waals surface area contributed by atoms with Crippen LogP contribution in [0, 0.1) is 0 Å². The number of benzene rings is 1. The second-order valence-corrected chi connectivity index (χ2v) is 6.27. The molecule has 3 N–H and O–H groups in total. The van der Waals surface area contributed by atoms with Gasteiger partial charge in [0.25, 0.3) is 5.91 Å². The number of carbonyl (C=O) groups is 2. The van der Waals surface area contributed by atoms with Gasteiger partial charge in [-0.05, 0) is 18.6 Å². The molecule has 0 spiro atoms. The molecule has 1 aliphatic heterocycles. The van der Waals surface area contributed by atoms with Gasteiger partial charge in [-0.15, -0.1) is 0 Å². The van der Waals surface area contributed by atoms with Gasteiger partial charge in [-0.2, -0.15) is 0 Å². The second kappa shape index (κ2) is 9.88. The Bertz CT molecular complexity index is 571. The molecule has 2 rings (SSSR count). The Kier molecular flexibility index (Phi) is 7.53. The van der Waals surface area contributed by atoms with Crippen LogP contribution in [0.15, 0.2) is 24.3 Å². The van der Waals surface area contributed by atoms with E-state index in [1.165, 1.54) is 4.90 Å². The van der Waals surface area contributed by atoms with Crippen LogP contribution in [0.1, 0.15) is 19.8 Å². The van der Waals surface area contributed by atoms with Crippen molar-refractivity contribution in [3.05, 3.63) is 24.3 Å². The average Bonchev–Trinajstić information content (AvgIpc) is 2.62. The molecule has 1 fully saturated rings. The summed E-state index contributed by atoms with van der Waals surface area (Å²) >= 11 is 0. The molecule has 0 atom stereocenters. The summed E-state index contributed by atoms with van der Waals surface area (Å²) in [4.78, 5) is 27.0. The number of carbonyl (C=O) groups excluding carboxylic acids is 2. The highest BCUT2D eigenvalue weighted by Crippen LogP contribution is 2.20. The first-order valence-corrected chi connectivity index (χ1v) is 8.92. The zero-order valence-corrected chi connectivity index (χ0v) is 15.1. The second-order valence-electron chi connectivity index (χ2n) is 6.27. The first kappa shape index (κ1) is 19.1. The van der Waals surface area contributed by atoms with E-state index in [1.54, 1.807) is 7.11 Å². The summed E-state index contributed by atoms with van der Waals surface area (Å²) in [6.07, 6.45) is 1.93. The van der Waals surface area contributed by atoms with Gasteiger partial charge in [0.05, 0.1) is 33.3 Å². The summed E-state index contributed by atoms with van der Waals surface area (Å²) in [7, 11) is 1.66. The standard InChI is InChI=1S/C18H28N4O3/c1-3-4-8-19-18(24)20-17(23)14-21-9-11-22(12-10-21)15-6-5-7-16(13-15)25-2/h5-7,13H,3-4,8-12,14H2,1-2H3,(H2,19,20,23,24)/p+1. The summed E-state index contributed by atoms with van der Waals surface area (Å²) in [6.45, 7) is 6.45. The van der Waals surface area contributed by atoms with Crippen molar-refractivity contribution in [2.45, 2.75) is 19.8 Å². The first-order valence-electron chi connectivity index (χ1n) is 8.92. The molecule has 1 heterocycles. The summed E-state index contributed by atoms with van der Waals surface area (Å²) in [5.74, 6) is 0.625. The number of ether oxygens (including phenoxy) is 1. The number of methoxy groups -OCH3 is 1. The number of anilines is 1. The van der Waals surface area contributed by atoms with Crippen molar-refractivity contribution in [1.82, 2.24) is 10.6 Å². The van der Waals surface area contributed by atoms with Crippen LogP contribution in [0.3, 0.4) is 0 Å². The fourth-order valence-corrected chi connectivity index (χ4v) is 2.89. The number of nitrogens with one attached hydrogen (secondary N) is 3. The lowest BCUT2D eigenvalue weighted by atomic mass is 10.2. The van der Waals surface area contributed by atoms with Gasteiger partial charge in [0, 0.05) is 18.3 Å². The topological polar surface area (TPSA) is 75.1 Å². The maximum atomic E-state index is 12.0. The number of hydrogen-bond acceptors (Lipinski definition) is 4. The Morgan fingerprint density at radius 2 is 2.04 bits per heavy atom. The van der Waals surface area contributed by atoms with Crippen molar-refractivity contribution < 1.29 is 19.2 Å². The van der Waals surface area contributed by atoms with E-state index in [0.29, 0.717) is 13.1 Å². The van der Waals surface area contributed by atoms with Crippen molar-refractivity contribution in [1.29, 1.82) is 0 Å². The van der Waals surface area contributed by atoms with Crippen molar-refractivity contribution in [2.24, 2.45) is 0 Å². The normalized spacial score (nSPS) is 14.9. The Morgan fingerprint density at radius 3 is 2.72 bits per heavy atom. The molecule has 0 aromatic heterocycles. The maximum absolute atomic E-state index is 12.0. The number of amides is 3. The van der Waals surface area contributed by atoms with Gasteiger partial charge in [0.2, 0.25) is 0 Å².